The van der Waals surface area contributed by atoms with Crippen LogP contribution in [0.25, 0.3) is 0 Å². The molecule has 0 aliphatic rings. The highest BCUT2D eigenvalue weighted by atomic mass is 19.1. The third-order valence-electron chi connectivity index (χ3n) is 2.60. The monoisotopic (exact) mass is 289 g/mol. The predicted molar refractivity (Wildman–Crippen MR) is 77.0 cm³/mol. The topological polar surface area (TPSA) is 53.5 Å². The Morgan fingerprint density at radius 3 is 2.52 bits per heavy atom. The molecule has 4 nitrogen and oxygen atoms in total. The van der Waals surface area contributed by atoms with Crippen LogP contribution in [0.15, 0.2) is 53.6 Å². The second-order valence-electron chi connectivity index (χ2n) is 4.18. The number of amides is 1. The van der Waals surface area contributed by atoms with E-state index >= 15 is 0 Å². The van der Waals surface area contributed by atoms with Crippen molar-refractivity contribution in [3.8, 4) is 0 Å². The van der Waals surface area contributed by atoms with E-state index in [1.807, 2.05) is 0 Å². The fourth-order valence-electron chi connectivity index (χ4n) is 1.54. The molecule has 0 spiro atoms. The first-order valence-corrected chi connectivity index (χ1v) is 6.21. The van der Waals surface area contributed by atoms with E-state index in [2.05, 4.69) is 15.8 Å². The molecule has 0 atom stereocenters. The summed E-state index contributed by atoms with van der Waals surface area (Å²) in [7, 11) is 0. The molecule has 2 aromatic carbocycles. The Balaban J connectivity index is 1.80. The molecule has 0 fully saturated rings. The van der Waals surface area contributed by atoms with E-state index in [0.717, 1.165) is 0 Å². The minimum Gasteiger partial charge on any atom is -0.376 e. The van der Waals surface area contributed by atoms with Crippen LogP contribution in [0.1, 0.15) is 5.56 Å². The van der Waals surface area contributed by atoms with Gasteiger partial charge in [0.2, 0.25) is 0 Å². The van der Waals surface area contributed by atoms with Gasteiger partial charge in [-0.05, 0) is 30.3 Å². The number of carbonyl (C=O) groups excluding carboxylic acids is 1. The van der Waals surface area contributed by atoms with Crippen LogP contribution in [0.5, 0.6) is 0 Å². The molecule has 1 amide bonds. The number of hydrogen-bond acceptors (Lipinski definition) is 3. The number of benzene rings is 2. The Hall–Kier alpha value is -2.76. The Labute approximate surface area is 120 Å². The third-order valence-corrected chi connectivity index (χ3v) is 2.60. The molecular weight excluding hydrogens is 276 g/mol. The number of carbonyl (C=O) groups is 1. The average Bonchev–Trinajstić information content (AvgIpc) is 2.49. The van der Waals surface area contributed by atoms with Gasteiger partial charge >= 0.3 is 0 Å². The van der Waals surface area contributed by atoms with E-state index in [9.17, 15) is 13.6 Å². The lowest BCUT2D eigenvalue weighted by Gasteiger charge is -2.04. The van der Waals surface area contributed by atoms with Gasteiger partial charge in [0.05, 0.1) is 12.8 Å². The van der Waals surface area contributed by atoms with Gasteiger partial charge in [-0.15, -0.1) is 0 Å². The first-order chi connectivity index (χ1) is 10.1. The molecule has 0 aromatic heterocycles. The van der Waals surface area contributed by atoms with Crippen molar-refractivity contribution in [3.05, 3.63) is 65.7 Å². The third kappa shape index (κ3) is 4.68. The summed E-state index contributed by atoms with van der Waals surface area (Å²) < 4.78 is 26.0. The minimum atomic E-state index is -0.417. The molecule has 2 rings (SSSR count). The van der Waals surface area contributed by atoms with Gasteiger partial charge in [0, 0.05) is 11.3 Å². The molecule has 0 bridgehead atoms. The molecule has 0 heterocycles. The van der Waals surface area contributed by atoms with E-state index in [4.69, 9.17) is 0 Å². The van der Waals surface area contributed by atoms with Crippen molar-refractivity contribution in [1.82, 2.24) is 5.43 Å². The largest absolute Gasteiger partial charge is 0.376 e. The van der Waals surface area contributed by atoms with E-state index in [-0.39, 0.29) is 17.9 Å². The van der Waals surface area contributed by atoms with Gasteiger partial charge in [0.25, 0.3) is 5.91 Å². The molecule has 0 unspecified atom stereocenters. The quantitative estimate of drug-likeness (QED) is 0.656. The van der Waals surface area contributed by atoms with Gasteiger partial charge in [0.15, 0.2) is 0 Å². The maximum Gasteiger partial charge on any atom is 0.259 e. The highest BCUT2D eigenvalue weighted by Gasteiger charge is 2.00. The molecule has 2 N–H and O–H groups in total. The number of rotatable bonds is 5. The zero-order valence-electron chi connectivity index (χ0n) is 11.0. The van der Waals surface area contributed by atoms with E-state index in [0.29, 0.717) is 5.69 Å². The Bertz CT molecular complexity index is 642. The summed E-state index contributed by atoms with van der Waals surface area (Å²) >= 11 is 0. The number of hydrazone groups is 1. The Morgan fingerprint density at radius 2 is 1.81 bits per heavy atom. The van der Waals surface area contributed by atoms with Crippen LogP contribution in [0.3, 0.4) is 0 Å². The molecule has 6 heteroatoms. The van der Waals surface area contributed by atoms with Crippen molar-refractivity contribution >= 4 is 17.8 Å². The summed E-state index contributed by atoms with van der Waals surface area (Å²) in [5.74, 6) is -1.16. The molecule has 0 aliphatic carbocycles. The second-order valence-corrected chi connectivity index (χ2v) is 4.18. The zero-order valence-corrected chi connectivity index (χ0v) is 11.0. The SMILES string of the molecule is O=C(CNc1ccc(F)cc1)NN=Cc1ccccc1F. The minimum absolute atomic E-state index is 0.0275. The lowest BCUT2D eigenvalue weighted by atomic mass is 10.2. The Kier molecular flexibility index (Phi) is 4.98. The fraction of sp³-hybridized carbons (Fsp3) is 0.0667. The molecule has 0 radical (unpaired) electrons. The molecule has 108 valence electrons. The highest BCUT2D eigenvalue weighted by molar-refractivity contribution is 5.84. The van der Waals surface area contributed by atoms with Crippen molar-refractivity contribution in [2.75, 3.05) is 11.9 Å². The van der Waals surface area contributed by atoms with E-state index in [1.165, 1.54) is 36.5 Å². The zero-order chi connectivity index (χ0) is 15.1. The van der Waals surface area contributed by atoms with Crippen LogP contribution >= 0.6 is 0 Å². The fourth-order valence-corrected chi connectivity index (χ4v) is 1.54. The molecule has 2 aromatic rings. The summed E-state index contributed by atoms with van der Waals surface area (Å²) in [5.41, 5.74) is 3.16. The predicted octanol–water partition coefficient (Wildman–Crippen LogP) is 2.53. The van der Waals surface area contributed by atoms with Crippen molar-refractivity contribution in [2.24, 2.45) is 5.10 Å². The van der Waals surface area contributed by atoms with Crippen LogP contribution in [0, 0.1) is 11.6 Å². The van der Waals surface area contributed by atoms with Crippen molar-refractivity contribution in [2.45, 2.75) is 0 Å². The maximum atomic E-state index is 13.3. The first kappa shape index (κ1) is 14.6. The number of nitrogens with zero attached hydrogens (tertiary/aromatic N) is 1. The standard InChI is InChI=1S/C15H13F2N3O/c16-12-5-7-13(8-6-12)18-10-15(21)20-19-9-11-3-1-2-4-14(11)17/h1-9,18H,10H2,(H,20,21). The Morgan fingerprint density at radius 1 is 1.10 bits per heavy atom. The highest BCUT2D eigenvalue weighted by Crippen LogP contribution is 2.07. The number of nitrogens with one attached hydrogen (secondary N) is 2. The van der Waals surface area contributed by atoms with Crippen LogP contribution < -0.4 is 10.7 Å². The van der Waals surface area contributed by atoms with Gasteiger partial charge < -0.3 is 5.32 Å². The number of halogens is 2. The van der Waals surface area contributed by atoms with E-state index in [1.54, 1.807) is 18.2 Å². The van der Waals surface area contributed by atoms with Gasteiger partial charge in [-0.2, -0.15) is 5.10 Å². The van der Waals surface area contributed by atoms with Crippen molar-refractivity contribution in [1.29, 1.82) is 0 Å². The van der Waals surface area contributed by atoms with Gasteiger partial charge in [-0.1, -0.05) is 18.2 Å². The smallest absolute Gasteiger partial charge is 0.259 e. The van der Waals surface area contributed by atoms with Gasteiger partial charge in [0.1, 0.15) is 11.6 Å². The molecule has 0 saturated heterocycles. The van der Waals surface area contributed by atoms with Crippen LogP contribution in [-0.4, -0.2) is 18.7 Å². The summed E-state index contributed by atoms with van der Waals surface area (Å²) in [5, 5.41) is 6.47. The molecule has 0 saturated carbocycles. The molecule has 0 aliphatic heterocycles. The van der Waals surface area contributed by atoms with Gasteiger partial charge in [-0.3, -0.25) is 4.79 Å². The van der Waals surface area contributed by atoms with E-state index < -0.39 is 11.7 Å². The average molecular weight is 289 g/mol. The number of hydrogen-bond donors (Lipinski definition) is 2. The van der Waals surface area contributed by atoms with Crippen molar-refractivity contribution in [3.63, 3.8) is 0 Å². The molecule has 21 heavy (non-hydrogen) atoms. The van der Waals surface area contributed by atoms with Crippen LogP contribution in [0.2, 0.25) is 0 Å². The summed E-state index contributed by atoms with van der Waals surface area (Å²) in [6, 6.07) is 11.7. The van der Waals surface area contributed by atoms with Gasteiger partial charge in [-0.25, -0.2) is 14.2 Å². The summed E-state index contributed by atoms with van der Waals surface area (Å²) in [4.78, 5) is 11.5. The lowest BCUT2D eigenvalue weighted by Crippen LogP contribution is -2.25. The van der Waals surface area contributed by atoms with Crippen LogP contribution in [-0.2, 0) is 4.79 Å². The normalized spacial score (nSPS) is 10.6. The second kappa shape index (κ2) is 7.14. The molecular formula is C15H13F2N3O. The first-order valence-electron chi connectivity index (χ1n) is 6.21. The lowest BCUT2D eigenvalue weighted by molar-refractivity contribution is -0.119. The summed E-state index contributed by atoms with van der Waals surface area (Å²) in [6.45, 7) is -0.0275. The maximum absolute atomic E-state index is 13.3. The number of anilines is 1. The van der Waals surface area contributed by atoms with Crippen LogP contribution in [0.4, 0.5) is 14.5 Å². The summed E-state index contributed by atoms with van der Waals surface area (Å²) in [6.07, 6.45) is 1.23. The van der Waals surface area contributed by atoms with Crippen molar-refractivity contribution < 1.29 is 13.6 Å².